The van der Waals surface area contributed by atoms with Crippen LogP contribution < -0.4 is 15.0 Å². The monoisotopic (exact) mass is 479 g/mol. The van der Waals surface area contributed by atoms with E-state index in [1.54, 1.807) is 7.05 Å². The summed E-state index contributed by atoms with van der Waals surface area (Å²) in [6.45, 7) is 3.20. The Balaban J connectivity index is 1.38. The number of imide groups is 1. The Morgan fingerprint density at radius 3 is 2.40 bits per heavy atom. The maximum atomic E-state index is 13.4. The van der Waals surface area contributed by atoms with Crippen molar-refractivity contribution in [2.75, 3.05) is 38.7 Å². The van der Waals surface area contributed by atoms with E-state index in [1.165, 1.54) is 12.0 Å². The lowest BCUT2D eigenvalue weighted by molar-refractivity contribution is -0.149. The lowest BCUT2D eigenvalue weighted by Crippen LogP contribution is -2.67. The van der Waals surface area contributed by atoms with Crippen LogP contribution in [-0.4, -0.2) is 84.9 Å². The smallest absolute Gasteiger partial charge is 0.328 e. The summed E-state index contributed by atoms with van der Waals surface area (Å²) in [6.07, 6.45) is -0.776. The third kappa shape index (κ3) is 4.19. The van der Waals surface area contributed by atoms with Crippen molar-refractivity contribution in [1.29, 1.82) is 0 Å². The fourth-order valence-corrected chi connectivity index (χ4v) is 5.09. The van der Waals surface area contributed by atoms with Crippen LogP contribution in [0, 0.1) is 5.92 Å². The maximum Gasteiger partial charge on any atom is 0.328 e. The number of carbonyl (C=O) groups is 3. The lowest BCUT2D eigenvalue weighted by Gasteiger charge is -2.45. The molecule has 3 fully saturated rings. The van der Waals surface area contributed by atoms with Crippen molar-refractivity contribution < 1.29 is 23.9 Å². The number of hydrogen-bond acceptors (Lipinski definition) is 8. The number of nitrogens with zero attached hydrogens (tertiary/aromatic N) is 4. The van der Waals surface area contributed by atoms with Crippen LogP contribution >= 0.6 is 0 Å². The molecule has 0 aliphatic carbocycles. The van der Waals surface area contributed by atoms with Gasteiger partial charge in [0.1, 0.15) is 36.5 Å². The SMILES string of the molecule is COC(=O)CN1C(=O)C2C(NC3N(c4ccc(Oc5ccccc5)cc4)CC(C)CN23)N(C)C1=O. The van der Waals surface area contributed by atoms with Gasteiger partial charge in [0.2, 0.25) is 0 Å². The number of carbonyl (C=O) groups excluding carboxylic acids is 3. The molecule has 35 heavy (non-hydrogen) atoms. The molecule has 3 heterocycles. The fourth-order valence-electron chi connectivity index (χ4n) is 5.09. The molecule has 0 bridgehead atoms. The Hall–Kier alpha value is -3.63. The van der Waals surface area contributed by atoms with Crippen LogP contribution in [0.3, 0.4) is 0 Å². The Bertz CT molecular complexity index is 1110. The van der Waals surface area contributed by atoms with Crippen molar-refractivity contribution in [1.82, 2.24) is 20.0 Å². The molecule has 0 radical (unpaired) electrons. The van der Waals surface area contributed by atoms with Crippen LogP contribution in [-0.2, 0) is 14.3 Å². The van der Waals surface area contributed by atoms with Crippen LogP contribution in [0.2, 0.25) is 0 Å². The molecule has 0 spiro atoms. The number of rotatable bonds is 5. The first kappa shape index (κ1) is 23.1. The van der Waals surface area contributed by atoms with Crippen molar-refractivity contribution in [3.8, 4) is 11.5 Å². The highest BCUT2D eigenvalue weighted by Crippen LogP contribution is 2.35. The van der Waals surface area contributed by atoms with Crippen LogP contribution in [0.1, 0.15) is 6.92 Å². The first-order valence-electron chi connectivity index (χ1n) is 11.6. The highest BCUT2D eigenvalue weighted by molar-refractivity contribution is 6.02. The third-order valence-corrected chi connectivity index (χ3v) is 6.75. The van der Waals surface area contributed by atoms with Gasteiger partial charge in [0.25, 0.3) is 5.91 Å². The minimum atomic E-state index is -0.632. The van der Waals surface area contributed by atoms with Gasteiger partial charge in [0, 0.05) is 25.8 Å². The summed E-state index contributed by atoms with van der Waals surface area (Å²) >= 11 is 0. The van der Waals surface area contributed by atoms with E-state index < -0.39 is 30.8 Å². The summed E-state index contributed by atoms with van der Waals surface area (Å²) in [5.41, 5.74) is 0.978. The molecule has 3 saturated heterocycles. The molecule has 4 unspecified atom stereocenters. The zero-order valence-electron chi connectivity index (χ0n) is 20.0. The fraction of sp³-hybridized carbons (Fsp3) is 0.400. The molecular formula is C25H29N5O5. The average molecular weight is 480 g/mol. The number of para-hydroxylation sites is 1. The minimum Gasteiger partial charge on any atom is -0.468 e. The molecule has 10 heteroatoms. The minimum absolute atomic E-state index is 0.275. The van der Waals surface area contributed by atoms with E-state index in [2.05, 4.69) is 22.0 Å². The summed E-state index contributed by atoms with van der Waals surface area (Å²) in [4.78, 5) is 44.9. The molecule has 3 amide bonds. The standard InChI is InChI=1S/C25H29N5O5/c1-16-13-28(17-9-11-19(12-10-17)35-18-7-5-4-6-8-18)24-26-22-21(29(24)14-16)23(32)30(15-20(31)34-3)25(33)27(22)2/h4-12,16,21-22,24,26H,13-15H2,1-3H3. The van der Waals surface area contributed by atoms with Gasteiger partial charge < -0.3 is 19.3 Å². The molecular weight excluding hydrogens is 450 g/mol. The number of nitrogens with one attached hydrogen (secondary N) is 1. The van der Waals surface area contributed by atoms with E-state index in [0.29, 0.717) is 6.54 Å². The second kappa shape index (κ2) is 9.20. The van der Waals surface area contributed by atoms with Crippen molar-refractivity contribution in [3.05, 3.63) is 54.6 Å². The Morgan fingerprint density at radius 1 is 1.03 bits per heavy atom. The maximum absolute atomic E-state index is 13.4. The number of fused-ring (bicyclic) bond motifs is 3. The van der Waals surface area contributed by atoms with Crippen molar-refractivity contribution in [3.63, 3.8) is 0 Å². The molecule has 3 aliphatic heterocycles. The van der Waals surface area contributed by atoms with E-state index in [-0.39, 0.29) is 18.1 Å². The van der Waals surface area contributed by atoms with Gasteiger partial charge >= 0.3 is 12.0 Å². The predicted octanol–water partition coefficient (Wildman–Crippen LogP) is 1.89. The van der Waals surface area contributed by atoms with Gasteiger partial charge in [0.05, 0.1) is 7.11 Å². The first-order valence-corrected chi connectivity index (χ1v) is 11.6. The summed E-state index contributed by atoms with van der Waals surface area (Å²) in [5, 5.41) is 3.48. The van der Waals surface area contributed by atoms with Gasteiger partial charge in [-0.1, -0.05) is 25.1 Å². The largest absolute Gasteiger partial charge is 0.468 e. The van der Waals surface area contributed by atoms with Gasteiger partial charge in [-0.25, -0.2) is 4.79 Å². The Morgan fingerprint density at radius 2 is 1.71 bits per heavy atom. The number of benzene rings is 2. The molecule has 2 aromatic carbocycles. The molecule has 10 nitrogen and oxygen atoms in total. The number of urea groups is 1. The molecule has 2 aromatic rings. The molecule has 184 valence electrons. The molecule has 0 aromatic heterocycles. The van der Waals surface area contributed by atoms with Gasteiger partial charge in [-0.3, -0.25) is 24.7 Å². The van der Waals surface area contributed by atoms with Gasteiger partial charge in [0.15, 0.2) is 0 Å². The van der Waals surface area contributed by atoms with Gasteiger partial charge in [-0.15, -0.1) is 0 Å². The van der Waals surface area contributed by atoms with Crippen LogP contribution in [0.5, 0.6) is 11.5 Å². The van der Waals surface area contributed by atoms with Crippen LogP contribution in [0.15, 0.2) is 54.6 Å². The van der Waals surface area contributed by atoms with E-state index >= 15 is 0 Å². The number of esters is 1. The molecule has 1 N–H and O–H groups in total. The third-order valence-electron chi connectivity index (χ3n) is 6.75. The Kier molecular flexibility index (Phi) is 6.08. The van der Waals surface area contributed by atoms with Crippen LogP contribution in [0.25, 0.3) is 0 Å². The lowest BCUT2D eigenvalue weighted by atomic mass is 10.0. The summed E-state index contributed by atoms with van der Waals surface area (Å²) in [6, 6.07) is 16.3. The number of amides is 3. The second-order valence-electron chi connectivity index (χ2n) is 9.19. The van der Waals surface area contributed by atoms with Gasteiger partial charge in [-0.2, -0.15) is 0 Å². The second-order valence-corrected chi connectivity index (χ2v) is 9.19. The summed E-state index contributed by atoms with van der Waals surface area (Å²) < 4.78 is 10.6. The molecule has 5 rings (SSSR count). The number of methoxy groups -OCH3 is 1. The number of anilines is 1. The van der Waals surface area contributed by atoms with Crippen LogP contribution in [0.4, 0.5) is 10.5 Å². The first-order chi connectivity index (χ1) is 16.9. The van der Waals surface area contributed by atoms with Crippen molar-refractivity contribution in [2.45, 2.75) is 25.4 Å². The average Bonchev–Trinajstić information content (AvgIpc) is 3.25. The Labute approximate surface area is 204 Å². The highest BCUT2D eigenvalue weighted by atomic mass is 16.5. The summed E-state index contributed by atoms with van der Waals surface area (Å²) in [7, 11) is 2.88. The summed E-state index contributed by atoms with van der Waals surface area (Å²) in [5.74, 6) is 0.750. The van der Waals surface area contributed by atoms with E-state index in [1.807, 2.05) is 54.6 Å². The van der Waals surface area contributed by atoms with E-state index in [0.717, 1.165) is 28.6 Å². The van der Waals surface area contributed by atoms with Gasteiger partial charge in [-0.05, 0) is 42.3 Å². The van der Waals surface area contributed by atoms with E-state index in [4.69, 9.17) is 9.47 Å². The number of likely N-dealkylation sites (N-methyl/N-ethyl adjacent to an activating group) is 1. The van der Waals surface area contributed by atoms with Crippen molar-refractivity contribution in [2.24, 2.45) is 5.92 Å². The normalized spacial score (nSPS) is 26.4. The quantitative estimate of drug-likeness (QED) is 0.650. The highest BCUT2D eigenvalue weighted by Gasteiger charge is 2.57. The van der Waals surface area contributed by atoms with Crippen molar-refractivity contribution >= 4 is 23.6 Å². The zero-order chi connectivity index (χ0) is 24.7. The topological polar surface area (TPSA) is 94.7 Å². The zero-order valence-corrected chi connectivity index (χ0v) is 20.0. The predicted molar refractivity (Wildman–Crippen MR) is 128 cm³/mol. The number of ether oxygens (including phenoxy) is 2. The molecule has 3 aliphatic rings. The molecule has 4 atom stereocenters. The molecule has 0 saturated carbocycles. The number of hydrogen-bond donors (Lipinski definition) is 1. The van der Waals surface area contributed by atoms with E-state index in [9.17, 15) is 14.4 Å².